The van der Waals surface area contributed by atoms with Gasteiger partial charge in [0, 0.05) is 37.1 Å². The molecular weight excluding hydrogens is 356 g/mol. The molecule has 1 aliphatic heterocycles. The molecule has 3 heterocycles. The van der Waals surface area contributed by atoms with Crippen molar-refractivity contribution in [3.8, 4) is 0 Å². The van der Waals surface area contributed by atoms with E-state index in [1.54, 1.807) is 0 Å². The normalized spacial score (nSPS) is 16.1. The Morgan fingerprint density at radius 1 is 1.22 bits per heavy atom. The van der Waals surface area contributed by atoms with Gasteiger partial charge in [-0.05, 0) is 43.3 Å². The molecule has 2 N–H and O–H groups in total. The zero-order chi connectivity index (χ0) is 18.6. The third-order valence-corrected chi connectivity index (χ3v) is 6.17. The number of benzene rings is 1. The molecule has 0 unspecified atom stereocenters. The number of para-hydroxylation sites is 1. The number of thiophene rings is 1. The minimum atomic E-state index is 0.448. The first kappa shape index (κ1) is 17.9. The number of aliphatic imine (C=N–C) groups is 1. The molecule has 0 saturated carbocycles. The third-order valence-electron chi connectivity index (χ3n) is 5.24. The lowest BCUT2D eigenvalue weighted by molar-refractivity contribution is 0.460. The smallest absolute Gasteiger partial charge is 0.191 e. The standard InChI is InChI=1S/C21H26N4OS/c1-15-17-6-3-4-7-18(17)26-19(15)14-23-21(22-2)24-16-9-11-25(12-10-16)20-8-5-13-27-20/h3-8,13,16H,9-12,14H2,1-2H3,(H2,22,23,24). The van der Waals surface area contributed by atoms with E-state index in [0.29, 0.717) is 12.6 Å². The van der Waals surface area contributed by atoms with Crippen LogP contribution in [0.5, 0.6) is 0 Å². The minimum Gasteiger partial charge on any atom is -0.459 e. The number of nitrogens with one attached hydrogen (secondary N) is 2. The number of hydrogen-bond donors (Lipinski definition) is 2. The lowest BCUT2D eigenvalue weighted by atomic mass is 10.1. The summed E-state index contributed by atoms with van der Waals surface area (Å²) < 4.78 is 5.99. The molecule has 27 heavy (non-hydrogen) atoms. The Kier molecular flexibility index (Phi) is 5.34. The highest BCUT2D eigenvalue weighted by molar-refractivity contribution is 7.14. The highest BCUT2D eigenvalue weighted by atomic mass is 32.1. The highest BCUT2D eigenvalue weighted by Gasteiger charge is 2.21. The summed E-state index contributed by atoms with van der Waals surface area (Å²) in [5, 5.41) is 11.7. The maximum atomic E-state index is 5.99. The monoisotopic (exact) mass is 382 g/mol. The average Bonchev–Trinajstić information content (AvgIpc) is 3.35. The second-order valence-corrected chi connectivity index (χ2v) is 7.86. The van der Waals surface area contributed by atoms with Gasteiger partial charge in [0.2, 0.25) is 0 Å². The Morgan fingerprint density at radius 2 is 2.04 bits per heavy atom. The van der Waals surface area contributed by atoms with Gasteiger partial charge in [-0.15, -0.1) is 11.3 Å². The molecule has 1 fully saturated rings. The Bertz CT molecular complexity index is 908. The number of fused-ring (bicyclic) bond motifs is 1. The number of nitrogens with zero attached hydrogens (tertiary/aromatic N) is 2. The molecule has 5 nitrogen and oxygen atoms in total. The maximum absolute atomic E-state index is 5.99. The summed E-state index contributed by atoms with van der Waals surface area (Å²) in [7, 11) is 1.82. The van der Waals surface area contributed by atoms with Crippen LogP contribution in [0.3, 0.4) is 0 Å². The van der Waals surface area contributed by atoms with E-state index in [4.69, 9.17) is 4.42 Å². The summed E-state index contributed by atoms with van der Waals surface area (Å²) in [5.74, 6) is 1.80. The molecule has 1 saturated heterocycles. The number of guanidine groups is 1. The van der Waals surface area contributed by atoms with Crippen molar-refractivity contribution in [1.29, 1.82) is 0 Å². The van der Waals surface area contributed by atoms with Crippen LogP contribution in [0.4, 0.5) is 5.00 Å². The zero-order valence-corrected chi connectivity index (χ0v) is 16.7. The highest BCUT2D eigenvalue weighted by Crippen LogP contribution is 2.25. The van der Waals surface area contributed by atoms with E-state index < -0.39 is 0 Å². The topological polar surface area (TPSA) is 52.8 Å². The van der Waals surface area contributed by atoms with Gasteiger partial charge in [-0.2, -0.15) is 0 Å². The number of piperidine rings is 1. The molecule has 0 amide bonds. The van der Waals surface area contributed by atoms with Crippen molar-refractivity contribution in [3.63, 3.8) is 0 Å². The van der Waals surface area contributed by atoms with E-state index >= 15 is 0 Å². The van der Waals surface area contributed by atoms with Crippen LogP contribution in [0.1, 0.15) is 24.2 Å². The fraction of sp³-hybridized carbons (Fsp3) is 0.381. The number of aryl methyl sites for hydroxylation is 1. The molecule has 142 valence electrons. The largest absolute Gasteiger partial charge is 0.459 e. The van der Waals surface area contributed by atoms with Crippen LogP contribution in [0.15, 0.2) is 51.2 Å². The van der Waals surface area contributed by atoms with Gasteiger partial charge in [-0.25, -0.2) is 0 Å². The number of rotatable bonds is 4. The van der Waals surface area contributed by atoms with Gasteiger partial charge >= 0.3 is 0 Å². The van der Waals surface area contributed by atoms with Crippen LogP contribution < -0.4 is 15.5 Å². The predicted octanol–water partition coefficient (Wildman–Crippen LogP) is 4.14. The minimum absolute atomic E-state index is 0.448. The van der Waals surface area contributed by atoms with E-state index in [1.165, 1.54) is 16.0 Å². The number of furan rings is 1. The Morgan fingerprint density at radius 3 is 2.74 bits per heavy atom. The van der Waals surface area contributed by atoms with Crippen molar-refractivity contribution in [2.45, 2.75) is 32.4 Å². The summed E-state index contributed by atoms with van der Waals surface area (Å²) in [4.78, 5) is 6.86. The van der Waals surface area contributed by atoms with Gasteiger partial charge in [0.25, 0.3) is 0 Å². The van der Waals surface area contributed by atoms with E-state index in [1.807, 2.05) is 36.6 Å². The molecular formula is C21H26N4OS. The van der Waals surface area contributed by atoms with Crippen molar-refractivity contribution in [2.24, 2.45) is 4.99 Å². The van der Waals surface area contributed by atoms with Gasteiger partial charge in [0.05, 0.1) is 11.5 Å². The molecule has 0 aliphatic carbocycles. The molecule has 6 heteroatoms. The lowest BCUT2D eigenvalue weighted by Crippen LogP contribution is -2.48. The van der Waals surface area contributed by atoms with Gasteiger partial charge in [-0.1, -0.05) is 18.2 Å². The zero-order valence-electron chi connectivity index (χ0n) is 15.9. The molecule has 3 aromatic rings. The van der Waals surface area contributed by atoms with Gasteiger partial charge in [-0.3, -0.25) is 4.99 Å². The first-order chi connectivity index (χ1) is 13.2. The van der Waals surface area contributed by atoms with Crippen molar-refractivity contribution >= 4 is 33.3 Å². The van der Waals surface area contributed by atoms with Gasteiger partial charge in [0.1, 0.15) is 11.3 Å². The maximum Gasteiger partial charge on any atom is 0.191 e. The average molecular weight is 383 g/mol. The van der Waals surface area contributed by atoms with E-state index in [0.717, 1.165) is 43.2 Å². The van der Waals surface area contributed by atoms with Crippen molar-refractivity contribution < 1.29 is 4.42 Å². The van der Waals surface area contributed by atoms with E-state index in [-0.39, 0.29) is 0 Å². The van der Waals surface area contributed by atoms with Crippen LogP contribution in [0, 0.1) is 6.92 Å². The molecule has 2 aromatic heterocycles. The summed E-state index contributed by atoms with van der Waals surface area (Å²) in [6, 6.07) is 12.9. The summed E-state index contributed by atoms with van der Waals surface area (Å²) in [6.07, 6.45) is 2.23. The second kappa shape index (κ2) is 8.05. The van der Waals surface area contributed by atoms with Crippen LogP contribution in [-0.2, 0) is 6.54 Å². The Balaban J connectivity index is 1.31. The van der Waals surface area contributed by atoms with Crippen molar-refractivity contribution in [3.05, 3.63) is 53.1 Å². The van der Waals surface area contributed by atoms with Gasteiger partial charge < -0.3 is 20.0 Å². The lowest BCUT2D eigenvalue weighted by Gasteiger charge is -2.33. The molecule has 0 bridgehead atoms. The summed E-state index contributed by atoms with van der Waals surface area (Å²) in [6.45, 7) is 4.91. The predicted molar refractivity (Wildman–Crippen MR) is 114 cm³/mol. The molecule has 0 spiro atoms. The Hall–Kier alpha value is -2.47. The first-order valence-electron chi connectivity index (χ1n) is 9.47. The van der Waals surface area contributed by atoms with Crippen molar-refractivity contribution in [1.82, 2.24) is 10.6 Å². The summed E-state index contributed by atoms with van der Waals surface area (Å²) in [5.41, 5.74) is 2.13. The Labute approximate surface area is 164 Å². The van der Waals surface area contributed by atoms with Crippen LogP contribution in [0.2, 0.25) is 0 Å². The molecule has 4 rings (SSSR count). The fourth-order valence-corrected chi connectivity index (χ4v) is 4.42. The SMILES string of the molecule is CN=C(NCc1oc2ccccc2c1C)NC1CCN(c2cccs2)CC1. The number of hydrogen-bond acceptors (Lipinski definition) is 4. The molecule has 0 radical (unpaired) electrons. The van der Waals surface area contributed by atoms with Gasteiger partial charge in [0.15, 0.2) is 5.96 Å². The quantitative estimate of drug-likeness (QED) is 0.526. The van der Waals surface area contributed by atoms with Crippen LogP contribution in [-0.4, -0.2) is 32.1 Å². The molecule has 1 aromatic carbocycles. The van der Waals surface area contributed by atoms with Crippen molar-refractivity contribution in [2.75, 3.05) is 25.0 Å². The van der Waals surface area contributed by atoms with Crippen LogP contribution in [0.25, 0.3) is 11.0 Å². The molecule has 0 atom stereocenters. The van der Waals surface area contributed by atoms with E-state index in [2.05, 4.69) is 51.0 Å². The van der Waals surface area contributed by atoms with E-state index in [9.17, 15) is 0 Å². The number of anilines is 1. The fourth-order valence-electron chi connectivity index (χ4n) is 3.64. The molecule has 1 aliphatic rings. The summed E-state index contributed by atoms with van der Waals surface area (Å²) >= 11 is 1.82. The first-order valence-corrected chi connectivity index (χ1v) is 10.3. The second-order valence-electron chi connectivity index (χ2n) is 6.93. The van der Waals surface area contributed by atoms with Crippen LogP contribution >= 0.6 is 11.3 Å². The third kappa shape index (κ3) is 3.95.